The van der Waals surface area contributed by atoms with Gasteiger partial charge >= 0.3 is 0 Å². The first-order valence-electron chi connectivity index (χ1n) is 8.44. The van der Waals surface area contributed by atoms with Crippen LogP contribution >= 0.6 is 0 Å². The number of non-ortho nitro benzene ring substituents is 1. The number of para-hydroxylation sites is 1. The highest BCUT2D eigenvalue weighted by molar-refractivity contribution is 5.96. The van der Waals surface area contributed by atoms with Crippen LogP contribution in [0.3, 0.4) is 0 Å². The summed E-state index contributed by atoms with van der Waals surface area (Å²) in [5.74, 6) is 0.142. The molecule has 3 rings (SSSR count). The summed E-state index contributed by atoms with van der Waals surface area (Å²) in [5.41, 5.74) is 3.15. The Bertz CT molecular complexity index is 774. The van der Waals surface area contributed by atoms with E-state index in [9.17, 15) is 14.9 Å². The second-order valence-electron chi connectivity index (χ2n) is 6.28. The highest BCUT2D eigenvalue weighted by atomic mass is 16.6. The molecule has 0 fully saturated rings. The first-order valence-corrected chi connectivity index (χ1v) is 8.44. The van der Waals surface area contributed by atoms with Crippen molar-refractivity contribution in [2.45, 2.75) is 32.2 Å². The molecule has 0 radical (unpaired) electrons. The summed E-state index contributed by atoms with van der Waals surface area (Å²) in [4.78, 5) is 24.7. The van der Waals surface area contributed by atoms with Gasteiger partial charge in [0.2, 0.25) is 5.91 Å². The topological polar surface area (TPSA) is 75.5 Å². The monoisotopic (exact) mass is 339 g/mol. The first-order chi connectivity index (χ1) is 12.1. The Hall–Kier alpha value is -2.89. The maximum Gasteiger partial charge on any atom is 0.269 e. The van der Waals surface area contributed by atoms with E-state index in [1.54, 1.807) is 12.1 Å². The Morgan fingerprint density at radius 2 is 1.96 bits per heavy atom. The number of nitrogens with one attached hydrogen (secondary N) is 1. The van der Waals surface area contributed by atoms with Crippen LogP contribution < -0.4 is 10.2 Å². The third-order valence-electron chi connectivity index (χ3n) is 4.45. The number of nitro groups is 1. The van der Waals surface area contributed by atoms with Gasteiger partial charge < -0.3 is 10.2 Å². The summed E-state index contributed by atoms with van der Waals surface area (Å²) < 4.78 is 0. The average Bonchev–Trinajstić information content (AvgIpc) is 2.94. The van der Waals surface area contributed by atoms with Gasteiger partial charge in [0.25, 0.3) is 5.69 Å². The zero-order valence-corrected chi connectivity index (χ0v) is 14.1. The zero-order valence-electron chi connectivity index (χ0n) is 14.1. The van der Waals surface area contributed by atoms with E-state index in [4.69, 9.17) is 0 Å². The molecule has 1 N–H and O–H groups in total. The molecule has 2 aromatic rings. The summed E-state index contributed by atoms with van der Waals surface area (Å²) in [6.07, 6.45) is 2.09. The quantitative estimate of drug-likeness (QED) is 0.494. The van der Waals surface area contributed by atoms with Gasteiger partial charge in [-0.1, -0.05) is 18.2 Å². The molecule has 1 atom stereocenters. The third kappa shape index (κ3) is 3.79. The van der Waals surface area contributed by atoms with Crippen LogP contribution in [0.15, 0.2) is 48.5 Å². The molecule has 1 aliphatic rings. The minimum Gasteiger partial charge on any atom is -0.385 e. The highest BCUT2D eigenvalue weighted by Gasteiger charge is 2.29. The van der Waals surface area contributed by atoms with Crippen molar-refractivity contribution in [1.82, 2.24) is 0 Å². The van der Waals surface area contributed by atoms with Crippen molar-refractivity contribution in [2.75, 3.05) is 16.8 Å². The lowest BCUT2D eigenvalue weighted by Gasteiger charge is -2.22. The standard InChI is InChI=1S/C19H21N3O3/c1-14-13-15-5-2-3-6-18(15)21(14)19(23)7-4-12-20-16-8-10-17(11-9-16)22(24)25/h2-3,5-6,8-11,14,20H,4,7,12-13H2,1H3. The fourth-order valence-electron chi connectivity index (χ4n) is 3.24. The number of carbonyl (C=O) groups is 1. The third-order valence-corrected chi connectivity index (χ3v) is 4.45. The molecule has 0 saturated heterocycles. The van der Waals surface area contributed by atoms with Gasteiger partial charge in [0.05, 0.1) is 4.92 Å². The molecule has 25 heavy (non-hydrogen) atoms. The van der Waals surface area contributed by atoms with Crippen LogP contribution in [0.25, 0.3) is 0 Å². The molecular formula is C19H21N3O3. The summed E-state index contributed by atoms with van der Waals surface area (Å²) in [5, 5.41) is 13.8. The van der Waals surface area contributed by atoms with E-state index >= 15 is 0 Å². The molecule has 1 unspecified atom stereocenters. The maximum absolute atomic E-state index is 12.6. The fourth-order valence-corrected chi connectivity index (χ4v) is 3.24. The Labute approximate surface area is 146 Å². The fraction of sp³-hybridized carbons (Fsp3) is 0.316. The van der Waals surface area contributed by atoms with Crippen molar-refractivity contribution in [2.24, 2.45) is 0 Å². The van der Waals surface area contributed by atoms with Crippen LogP contribution in [0.5, 0.6) is 0 Å². The molecular weight excluding hydrogens is 318 g/mol. The number of carbonyl (C=O) groups excluding carboxylic acids is 1. The molecule has 6 heteroatoms. The summed E-state index contributed by atoms with van der Waals surface area (Å²) in [6, 6.07) is 14.6. The number of benzene rings is 2. The predicted molar refractivity (Wildman–Crippen MR) is 97.9 cm³/mol. The molecule has 130 valence electrons. The van der Waals surface area contributed by atoms with E-state index in [2.05, 4.69) is 18.3 Å². The molecule has 2 aromatic carbocycles. The van der Waals surface area contributed by atoms with Gasteiger partial charge in [-0.2, -0.15) is 0 Å². The van der Waals surface area contributed by atoms with Gasteiger partial charge in [-0.05, 0) is 43.5 Å². The summed E-state index contributed by atoms with van der Waals surface area (Å²) >= 11 is 0. The van der Waals surface area contributed by atoms with Crippen LogP contribution in [-0.4, -0.2) is 23.4 Å². The summed E-state index contributed by atoms with van der Waals surface area (Å²) in [6.45, 7) is 2.72. The van der Waals surface area contributed by atoms with Gasteiger partial charge in [0.1, 0.15) is 0 Å². The van der Waals surface area contributed by atoms with Gasteiger partial charge in [-0.3, -0.25) is 14.9 Å². The Kier molecular flexibility index (Phi) is 4.97. The largest absolute Gasteiger partial charge is 0.385 e. The lowest BCUT2D eigenvalue weighted by molar-refractivity contribution is -0.384. The van der Waals surface area contributed by atoms with Crippen LogP contribution in [0.4, 0.5) is 17.1 Å². The van der Waals surface area contributed by atoms with Crippen molar-refractivity contribution >= 4 is 23.0 Å². The zero-order chi connectivity index (χ0) is 17.8. The minimum atomic E-state index is -0.419. The van der Waals surface area contributed by atoms with Crippen molar-refractivity contribution in [3.05, 3.63) is 64.2 Å². The number of nitrogens with zero attached hydrogens (tertiary/aromatic N) is 2. The van der Waals surface area contributed by atoms with Crippen molar-refractivity contribution in [3.8, 4) is 0 Å². The maximum atomic E-state index is 12.6. The van der Waals surface area contributed by atoms with Crippen LogP contribution in [0.2, 0.25) is 0 Å². The average molecular weight is 339 g/mol. The van der Waals surface area contributed by atoms with E-state index in [-0.39, 0.29) is 17.6 Å². The molecule has 1 aliphatic heterocycles. The van der Waals surface area contributed by atoms with Crippen LogP contribution in [-0.2, 0) is 11.2 Å². The molecule has 0 aliphatic carbocycles. The number of hydrogen-bond donors (Lipinski definition) is 1. The number of fused-ring (bicyclic) bond motifs is 1. The van der Waals surface area contributed by atoms with Crippen molar-refractivity contribution in [1.29, 1.82) is 0 Å². The van der Waals surface area contributed by atoms with Crippen molar-refractivity contribution in [3.63, 3.8) is 0 Å². The number of hydrogen-bond acceptors (Lipinski definition) is 4. The molecule has 0 bridgehead atoms. The van der Waals surface area contributed by atoms with Gasteiger partial charge in [0.15, 0.2) is 0 Å². The molecule has 6 nitrogen and oxygen atoms in total. The lowest BCUT2D eigenvalue weighted by atomic mass is 10.1. The van der Waals surface area contributed by atoms with Crippen LogP contribution in [0, 0.1) is 10.1 Å². The molecule has 1 amide bonds. The van der Waals surface area contributed by atoms with E-state index in [0.29, 0.717) is 19.4 Å². The second-order valence-corrected chi connectivity index (χ2v) is 6.28. The number of rotatable bonds is 6. The van der Waals surface area contributed by atoms with E-state index in [1.165, 1.54) is 17.7 Å². The van der Waals surface area contributed by atoms with Crippen LogP contribution in [0.1, 0.15) is 25.3 Å². The smallest absolute Gasteiger partial charge is 0.269 e. The number of anilines is 2. The molecule has 1 heterocycles. The normalized spacial score (nSPS) is 15.7. The lowest BCUT2D eigenvalue weighted by Crippen LogP contribution is -2.35. The first kappa shape index (κ1) is 17.0. The Balaban J connectivity index is 1.49. The second kappa shape index (κ2) is 7.34. The molecule has 0 saturated carbocycles. The van der Waals surface area contributed by atoms with E-state index in [1.807, 2.05) is 23.1 Å². The summed E-state index contributed by atoms with van der Waals surface area (Å²) in [7, 11) is 0. The highest BCUT2D eigenvalue weighted by Crippen LogP contribution is 2.32. The Morgan fingerprint density at radius 3 is 2.68 bits per heavy atom. The SMILES string of the molecule is CC1Cc2ccccc2N1C(=O)CCCNc1ccc([N+](=O)[O-])cc1. The van der Waals surface area contributed by atoms with Gasteiger partial charge in [0, 0.05) is 42.5 Å². The number of nitro benzene ring substituents is 1. The minimum absolute atomic E-state index is 0.0717. The predicted octanol–water partition coefficient (Wildman–Crippen LogP) is 3.76. The van der Waals surface area contributed by atoms with E-state index < -0.39 is 4.92 Å². The number of amides is 1. The van der Waals surface area contributed by atoms with E-state index in [0.717, 1.165) is 17.8 Å². The van der Waals surface area contributed by atoms with Crippen molar-refractivity contribution < 1.29 is 9.72 Å². The van der Waals surface area contributed by atoms with Gasteiger partial charge in [-0.15, -0.1) is 0 Å². The Morgan fingerprint density at radius 1 is 1.24 bits per heavy atom. The van der Waals surface area contributed by atoms with Gasteiger partial charge in [-0.25, -0.2) is 0 Å². The molecule has 0 spiro atoms. The molecule has 0 aromatic heterocycles.